The molecule has 0 amide bonds. The molecule has 0 N–H and O–H groups in total. The molecule has 0 aromatic rings. The van der Waals surface area contributed by atoms with Gasteiger partial charge in [0, 0.05) is 0 Å². The molecule has 0 spiro atoms. The minimum atomic E-state index is 0.812. The SMILES string of the molecule is CCC=C[CH](C)[Zr]. The summed E-state index contributed by atoms with van der Waals surface area (Å²) in [5.41, 5.74) is 0. The standard InChI is InChI=1S/C6H11.Zr/c1-3-5-6-4-2;/h3,5-6H,4H2,1-2H3;. The molecule has 0 aliphatic carbocycles. The van der Waals surface area contributed by atoms with E-state index in [9.17, 15) is 0 Å². The number of rotatable bonds is 2. The summed E-state index contributed by atoms with van der Waals surface area (Å²) in [5, 5.41) is 0. The number of hydrogen-bond donors (Lipinski definition) is 0. The molecule has 0 nitrogen and oxygen atoms in total. The van der Waals surface area contributed by atoms with Crippen LogP contribution in [0, 0.1) is 0 Å². The van der Waals surface area contributed by atoms with Crippen LogP contribution >= 0.6 is 0 Å². The Balaban J connectivity index is 3.08. The van der Waals surface area contributed by atoms with Gasteiger partial charge in [0.2, 0.25) is 0 Å². The zero-order valence-electron chi connectivity index (χ0n) is 4.94. The van der Waals surface area contributed by atoms with E-state index in [1.54, 1.807) is 24.7 Å². The maximum absolute atomic E-state index is 2.26. The van der Waals surface area contributed by atoms with Crippen molar-refractivity contribution in [2.24, 2.45) is 0 Å². The fourth-order valence-corrected chi connectivity index (χ4v) is 0.675. The third-order valence-electron chi connectivity index (χ3n) is 0.660. The van der Waals surface area contributed by atoms with E-state index >= 15 is 0 Å². The molecule has 1 heteroatoms. The zero-order chi connectivity index (χ0) is 5.70. The van der Waals surface area contributed by atoms with E-state index in [2.05, 4.69) is 26.0 Å². The first kappa shape index (κ1) is 7.62. The van der Waals surface area contributed by atoms with E-state index in [1.165, 1.54) is 6.42 Å². The molecule has 39 valence electrons. The Bertz CT molecular complexity index is 55.2. The van der Waals surface area contributed by atoms with Gasteiger partial charge in [0.1, 0.15) is 0 Å². The Morgan fingerprint density at radius 2 is 2.29 bits per heavy atom. The summed E-state index contributed by atoms with van der Waals surface area (Å²) >= 11 is 1.61. The fraction of sp³-hybridized carbons (Fsp3) is 0.667. The van der Waals surface area contributed by atoms with E-state index in [0.717, 1.165) is 3.63 Å². The van der Waals surface area contributed by atoms with Gasteiger partial charge in [-0.1, -0.05) is 0 Å². The van der Waals surface area contributed by atoms with E-state index in [-0.39, 0.29) is 0 Å². The Morgan fingerprint density at radius 3 is 2.43 bits per heavy atom. The normalized spacial score (nSPS) is 15.0. The van der Waals surface area contributed by atoms with Crippen molar-refractivity contribution in [3.8, 4) is 0 Å². The van der Waals surface area contributed by atoms with Gasteiger partial charge in [0.05, 0.1) is 0 Å². The molecule has 0 saturated heterocycles. The van der Waals surface area contributed by atoms with Gasteiger partial charge in [-0.3, -0.25) is 0 Å². The van der Waals surface area contributed by atoms with E-state index in [0.29, 0.717) is 0 Å². The summed E-state index contributed by atoms with van der Waals surface area (Å²) in [6, 6.07) is 0. The second-order valence-electron chi connectivity index (χ2n) is 1.63. The van der Waals surface area contributed by atoms with Crippen LogP contribution in [0.3, 0.4) is 0 Å². The van der Waals surface area contributed by atoms with Crippen LogP contribution in [-0.4, -0.2) is 0 Å². The fourth-order valence-electron chi connectivity index (χ4n) is 0.340. The Labute approximate surface area is 60.8 Å². The molecule has 0 aliphatic heterocycles. The monoisotopic (exact) mass is 173 g/mol. The third-order valence-corrected chi connectivity index (χ3v) is 1.13. The average Bonchev–Trinajstić information content (AvgIpc) is 1.61. The van der Waals surface area contributed by atoms with Gasteiger partial charge in [-0.05, 0) is 0 Å². The van der Waals surface area contributed by atoms with Crippen molar-refractivity contribution in [2.75, 3.05) is 0 Å². The molecule has 0 rings (SSSR count). The maximum atomic E-state index is 2.26. The van der Waals surface area contributed by atoms with Crippen LogP contribution in [0.2, 0.25) is 3.63 Å². The van der Waals surface area contributed by atoms with Crippen molar-refractivity contribution in [1.29, 1.82) is 0 Å². The quantitative estimate of drug-likeness (QED) is 0.564. The predicted octanol–water partition coefficient (Wildman–Crippen LogP) is 2.31. The van der Waals surface area contributed by atoms with Gasteiger partial charge in [-0.15, -0.1) is 0 Å². The van der Waals surface area contributed by atoms with Crippen molar-refractivity contribution in [3.05, 3.63) is 12.2 Å². The molecular formula is C6H11Zr. The predicted molar refractivity (Wildman–Crippen MR) is 28.9 cm³/mol. The molecule has 0 heterocycles. The Hall–Kier alpha value is 0.623. The second-order valence-corrected chi connectivity index (χ2v) is 3.86. The second kappa shape index (κ2) is 4.77. The molecule has 0 aliphatic rings. The van der Waals surface area contributed by atoms with Crippen LogP contribution in [0.1, 0.15) is 20.3 Å². The third kappa shape index (κ3) is 6.62. The zero-order valence-corrected chi connectivity index (χ0v) is 7.40. The molecule has 0 saturated carbocycles. The first-order valence-corrected chi connectivity index (χ1v) is 4.07. The van der Waals surface area contributed by atoms with Gasteiger partial charge in [-0.2, -0.15) is 0 Å². The van der Waals surface area contributed by atoms with Gasteiger partial charge in [-0.25, -0.2) is 0 Å². The van der Waals surface area contributed by atoms with Crippen molar-refractivity contribution >= 4 is 0 Å². The summed E-state index contributed by atoms with van der Waals surface area (Å²) in [6.07, 6.45) is 5.66. The summed E-state index contributed by atoms with van der Waals surface area (Å²) in [4.78, 5) is 0. The van der Waals surface area contributed by atoms with Crippen LogP contribution in [0.5, 0.6) is 0 Å². The average molecular weight is 174 g/mol. The summed E-state index contributed by atoms with van der Waals surface area (Å²) in [7, 11) is 0. The molecule has 0 aromatic heterocycles. The first-order chi connectivity index (χ1) is 3.27. The Kier molecular flexibility index (Phi) is 5.20. The summed E-state index contributed by atoms with van der Waals surface area (Å²) in [6.45, 7) is 4.39. The van der Waals surface area contributed by atoms with E-state index in [1.807, 2.05) is 0 Å². The van der Waals surface area contributed by atoms with Crippen molar-refractivity contribution in [3.63, 3.8) is 0 Å². The van der Waals surface area contributed by atoms with Gasteiger partial charge in [0.25, 0.3) is 0 Å². The molecule has 1 atom stereocenters. The molecule has 0 fully saturated rings. The minimum absolute atomic E-state index is 0.812. The number of allylic oxidation sites excluding steroid dienone is 2. The topological polar surface area (TPSA) is 0 Å². The molecule has 1 unspecified atom stereocenters. The molecular weight excluding hydrogens is 163 g/mol. The number of hydrogen-bond acceptors (Lipinski definition) is 0. The van der Waals surface area contributed by atoms with Gasteiger partial charge in [0.15, 0.2) is 0 Å². The summed E-state index contributed by atoms with van der Waals surface area (Å²) < 4.78 is 0.812. The molecule has 0 radical (unpaired) electrons. The van der Waals surface area contributed by atoms with Gasteiger partial charge < -0.3 is 0 Å². The van der Waals surface area contributed by atoms with E-state index < -0.39 is 0 Å². The first-order valence-electron chi connectivity index (χ1n) is 2.65. The van der Waals surface area contributed by atoms with Crippen molar-refractivity contribution in [1.82, 2.24) is 0 Å². The van der Waals surface area contributed by atoms with Crippen LogP contribution in [0.25, 0.3) is 0 Å². The van der Waals surface area contributed by atoms with Gasteiger partial charge >= 0.3 is 60.8 Å². The van der Waals surface area contributed by atoms with E-state index in [4.69, 9.17) is 0 Å². The molecule has 0 aromatic carbocycles. The van der Waals surface area contributed by atoms with Crippen molar-refractivity contribution in [2.45, 2.75) is 23.9 Å². The summed E-state index contributed by atoms with van der Waals surface area (Å²) in [5.74, 6) is 0. The Morgan fingerprint density at radius 1 is 1.71 bits per heavy atom. The van der Waals surface area contributed by atoms with Crippen LogP contribution < -0.4 is 0 Å². The van der Waals surface area contributed by atoms with Crippen molar-refractivity contribution < 1.29 is 24.7 Å². The molecule has 0 bridgehead atoms. The van der Waals surface area contributed by atoms with Crippen LogP contribution in [-0.2, 0) is 24.7 Å². The van der Waals surface area contributed by atoms with Crippen LogP contribution in [0.4, 0.5) is 0 Å². The molecule has 7 heavy (non-hydrogen) atoms. The van der Waals surface area contributed by atoms with Crippen LogP contribution in [0.15, 0.2) is 12.2 Å².